The molecule has 1 saturated heterocycles. The first-order chi connectivity index (χ1) is 14.7. The number of amides is 1. The number of para-hydroxylation sites is 2. The maximum Gasteiger partial charge on any atom is 0.229 e. The van der Waals surface area contributed by atoms with Gasteiger partial charge in [-0.25, -0.2) is 0 Å². The van der Waals surface area contributed by atoms with Gasteiger partial charge in [0, 0.05) is 12.3 Å². The summed E-state index contributed by atoms with van der Waals surface area (Å²) in [5.74, 6) is 1.92. The summed E-state index contributed by atoms with van der Waals surface area (Å²) in [7, 11) is 1.61. The van der Waals surface area contributed by atoms with E-state index < -0.39 is 0 Å². The highest BCUT2D eigenvalue weighted by Crippen LogP contribution is 2.44. The standard InChI is InChI=1S/C23H23N3O3S/c1-3-29-21-10-5-4-9-20(21)25-14-26-22(27)12-18(19(13-24)23(26)30-15-25)16-7-6-8-17(11-16)28-2/h4-11,18H,3,12,14-15H2,1-2H3. The molecule has 7 heteroatoms. The van der Waals surface area contributed by atoms with E-state index in [1.807, 2.05) is 55.5 Å². The van der Waals surface area contributed by atoms with Gasteiger partial charge in [-0.05, 0) is 36.8 Å². The highest BCUT2D eigenvalue weighted by Gasteiger charge is 2.38. The van der Waals surface area contributed by atoms with E-state index in [1.54, 1.807) is 12.0 Å². The van der Waals surface area contributed by atoms with Crippen LogP contribution in [-0.2, 0) is 4.79 Å². The number of anilines is 1. The lowest BCUT2D eigenvalue weighted by Gasteiger charge is -2.42. The lowest BCUT2D eigenvalue weighted by Crippen LogP contribution is -2.47. The third-order valence-corrected chi connectivity index (χ3v) is 6.45. The van der Waals surface area contributed by atoms with Crippen LogP contribution in [0.25, 0.3) is 0 Å². The van der Waals surface area contributed by atoms with Gasteiger partial charge in [0.2, 0.25) is 5.91 Å². The molecule has 4 rings (SSSR count). The molecule has 154 valence electrons. The van der Waals surface area contributed by atoms with Crippen LogP contribution in [0.4, 0.5) is 5.69 Å². The SMILES string of the molecule is CCOc1ccccc1N1CSC2=C(C#N)C(c3cccc(OC)c3)CC(=O)N2C1. The molecule has 0 spiro atoms. The Morgan fingerprint density at radius 1 is 1.23 bits per heavy atom. The minimum absolute atomic E-state index is 0.0166. The molecular weight excluding hydrogens is 398 g/mol. The number of methoxy groups -OCH3 is 1. The van der Waals surface area contributed by atoms with Crippen molar-refractivity contribution in [3.05, 3.63) is 64.7 Å². The summed E-state index contributed by atoms with van der Waals surface area (Å²) in [6.45, 7) is 2.93. The number of benzene rings is 2. The fourth-order valence-corrected chi connectivity index (χ4v) is 5.01. The predicted molar refractivity (Wildman–Crippen MR) is 117 cm³/mol. The molecule has 1 unspecified atom stereocenters. The zero-order valence-corrected chi connectivity index (χ0v) is 17.8. The van der Waals surface area contributed by atoms with Crippen molar-refractivity contribution in [2.75, 3.05) is 31.2 Å². The minimum atomic E-state index is -0.251. The maximum absolute atomic E-state index is 13.1. The third kappa shape index (κ3) is 3.71. The second kappa shape index (κ2) is 8.72. The molecule has 30 heavy (non-hydrogen) atoms. The van der Waals surface area contributed by atoms with Crippen LogP contribution < -0.4 is 14.4 Å². The molecular formula is C23H23N3O3S. The van der Waals surface area contributed by atoms with E-state index >= 15 is 0 Å². The molecule has 1 fully saturated rings. The summed E-state index contributed by atoms with van der Waals surface area (Å²) in [5.41, 5.74) is 2.52. The Kier molecular flexibility index (Phi) is 5.86. The molecule has 0 aromatic heterocycles. The third-order valence-electron chi connectivity index (χ3n) is 5.30. The quantitative estimate of drug-likeness (QED) is 0.717. The van der Waals surface area contributed by atoms with Gasteiger partial charge in [-0.3, -0.25) is 9.69 Å². The molecule has 1 amide bonds. The number of thioether (sulfide) groups is 1. The molecule has 0 radical (unpaired) electrons. The molecule has 0 N–H and O–H groups in total. The first-order valence-electron chi connectivity index (χ1n) is 9.84. The van der Waals surface area contributed by atoms with E-state index in [1.165, 1.54) is 11.8 Å². The van der Waals surface area contributed by atoms with Crippen molar-refractivity contribution in [2.45, 2.75) is 19.3 Å². The Morgan fingerprint density at radius 3 is 2.83 bits per heavy atom. The lowest BCUT2D eigenvalue weighted by molar-refractivity contribution is -0.129. The van der Waals surface area contributed by atoms with Gasteiger partial charge in [0.25, 0.3) is 0 Å². The Bertz CT molecular complexity index is 1030. The van der Waals surface area contributed by atoms with E-state index in [0.717, 1.165) is 27.8 Å². The topological polar surface area (TPSA) is 65.8 Å². The average Bonchev–Trinajstić information content (AvgIpc) is 2.79. The molecule has 2 aromatic rings. The Morgan fingerprint density at radius 2 is 2.07 bits per heavy atom. The van der Waals surface area contributed by atoms with Gasteiger partial charge in [-0.2, -0.15) is 5.26 Å². The molecule has 6 nitrogen and oxygen atoms in total. The molecule has 0 aliphatic carbocycles. The van der Waals surface area contributed by atoms with Crippen molar-refractivity contribution >= 4 is 23.4 Å². The zero-order chi connectivity index (χ0) is 21.1. The zero-order valence-electron chi connectivity index (χ0n) is 17.0. The van der Waals surface area contributed by atoms with Gasteiger partial charge >= 0.3 is 0 Å². The fraction of sp³-hybridized carbons (Fsp3) is 0.304. The van der Waals surface area contributed by atoms with Crippen LogP contribution in [-0.4, -0.2) is 37.1 Å². The molecule has 2 aliphatic rings. The van der Waals surface area contributed by atoms with E-state index in [2.05, 4.69) is 11.0 Å². The van der Waals surface area contributed by atoms with Crippen LogP contribution in [0.5, 0.6) is 11.5 Å². The number of carbonyl (C=O) groups excluding carboxylic acids is 1. The summed E-state index contributed by atoms with van der Waals surface area (Å²) < 4.78 is 11.1. The number of ether oxygens (including phenoxy) is 2. The number of fused-ring (bicyclic) bond motifs is 1. The van der Waals surface area contributed by atoms with Gasteiger partial charge in [0.1, 0.15) is 11.5 Å². The molecule has 1 atom stereocenters. The van der Waals surface area contributed by atoms with Crippen LogP contribution in [0.2, 0.25) is 0 Å². The molecule has 0 bridgehead atoms. The van der Waals surface area contributed by atoms with Crippen LogP contribution in [0, 0.1) is 11.3 Å². The number of hydrogen-bond donors (Lipinski definition) is 0. The smallest absolute Gasteiger partial charge is 0.229 e. The molecule has 2 aromatic carbocycles. The van der Waals surface area contributed by atoms with Crippen LogP contribution in [0.1, 0.15) is 24.8 Å². The van der Waals surface area contributed by atoms with Crippen molar-refractivity contribution in [3.63, 3.8) is 0 Å². The summed E-state index contributed by atoms with van der Waals surface area (Å²) in [5, 5.41) is 10.7. The van der Waals surface area contributed by atoms with E-state index in [9.17, 15) is 10.1 Å². The van der Waals surface area contributed by atoms with Crippen molar-refractivity contribution in [1.82, 2.24) is 4.90 Å². The number of carbonyl (C=O) groups is 1. The van der Waals surface area contributed by atoms with Crippen molar-refractivity contribution in [1.29, 1.82) is 5.26 Å². The largest absolute Gasteiger partial charge is 0.497 e. The van der Waals surface area contributed by atoms with Crippen molar-refractivity contribution in [3.8, 4) is 17.6 Å². The lowest BCUT2D eigenvalue weighted by atomic mass is 9.86. The fourth-order valence-electron chi connectivity index (χ4n) is 3.85. The van der Waals surface area contributed by atoms with Crippen LogP contribution >= 0.6 is 11.8 Å². The number of allylic oxidation sites excluding steroid dienone is 1. The summed E-state index contributed by atoms with van der Waals surface area (Å²) in [4.78, 5) is 16.9. The average molecular weight is 422 g/mol. The van der Waals surface area contributed by atoms with Crippen LogP contribution in [0.15, 0.2) is 59.1 Å². The number of rotatable bonds is 5. The predicted octanol–water partition coefficient (Wildman–Crippen LogP) is 4.31. The first-order valence-corrected chi connectivity index (χ1v) is 10.8. The molecule has 0 saturated carbocycles. The Balaban J connectivity index is 1.66. The van der Waals surface area contributed by atoms with E-state index in [-0.39, 0.29) is 18.2 Å². The van der Waals surface area contributed by atoms with Crippen molar-refractivity contribution < 1.29 is 14.3 Å². The number of nitrogens with zero attached hydrogens (tertiary/aromatic N) is 3. The number of nitriles is 1. The van der Waals surface area contributed by atoms with E-state index in [0.29, 0.717) is 24.7 Å². The highest BCUT2D eigenvalue weighted by molar-refractivity contribution is 8.03. The summed E-state index contributed by atoms with van der Waals surface area (Å²) >= 11 is 1.52. The van der Waals surface area contributed by atoms with Gasteiger partial charge in [-0.1, -0.05) is 36.0 Å². The van der Waals surface area contributed by atoms with Crippen LogP contribution in [0.3, 0.4) is 0 Å². The second-order valence-corrected chi connectivity index (χ2v) is 7.97. The van der Waals surface area contributed by atoms with Gasteiger partial charge in [0.15, 0.2) is 0 Å². The van der Waals surface area contributed by atoms with Crippen molar-refractivity contribution in [2.24, 2.45) is 0 Å². The molecule has 2 aliphatic heterocycles. The second-order valence-electron chi connectivity index (χ2n) is 7.04. The highest BCUT2D eigenvalue weighted by atomic mass is 32.2. The Labute approximate surface area is 180 Å². The van der Waals surface area contributed by atoms with Gasteiger partial charge in [0.05, 0.1) is 48.6 Å². The monoisotopic (exact) mass is 421 g/mol. The normalized spacial score (nSPS) is 18.7. The Hall–Kier alpha value is -3.11. The van der Waals surface area contributed by atoms with Gasteiger partial charge in [-0.15, -0.1) is 0 Å². The first kappa shape index (κ1) is 20.2. The molecule has 2 heterocycles. The maximum atomic E-state index is 13.1. The van der Waals surface area contributed by atoms with Gasteiger partial charge < -0.3 is 14.4 Å². The number of hydrogen-bond acceptors (Lipinski definition) is 6. The summed E-state index contributed by atoms with van der Waals surface area (Å²) in [6.07, 6.45) is 0.265. The summed E-state index contributed by atoms with van der Waals surface area (Å²) in [6, 6.07) is 17.8. The minimum Gasteiger partial charge on any atom is -0.497 e. The van der Waals surface area contributed by atoms with E-state index in [4.69, 9.17) is 9.47 Å².